The standard InChI is InChI=1S/C6H15ClO2Si/c1-5-6(7)10(4,8-2)9-3/h6H,5H2,1-4H3. The van der Waals surface area contributed by atoms with Gasteiger partial charge in [-0.3, -0.25) is 0 Å². The minimum atomic E-state index is -2.04. The van der Waals surface area contributed by atoms with E-state index in [2.05, 4.69) is 0 Å². The number of alkyl halides is 1. The lowest BCUT2D eigenvalue weighted by atomic mass is 10.6. The summed E-state index contributed by atoms with van der Waals surface area (Å²) in [5, 5.41) is 0.0440. The molecule has 0 heterocycles. The first kappa shape index (κ1) is 10.4. The van der Waals surface area contributed by atoms with Crippen molar-refractivity contribution in [3.8, 4) is 0 Å². The molecule has 62 valence electrons. The van der Waals surface area contributed by atoms with Crippen molar-refractivity contribution in [3.63, 3.8) is 0 Å². The lowest BCUT2D eigenvalue weighted by Crippen LogP contribution is -2.46. The Morgan fingerprint density at radius 2 is 1.80 bits per heavy atom. The van der Waals surface area contributed by atoms with Crippen LogP contribution in [0.15, 0.2) is 0 Å². The summed E-state index contributed by atoms with van der Waals surface area (Å²) in [5.74, 6) is 0. The largest absolute Gasteiger partial charge is 0.397 e. The second-order valence-corrected chi connectivity index (χ2v) is 6.74. The van der Waals surface area contributed by atoms with E-state index in [1.807, 2.05) is 13.5 Å². The SMILES string of the molecule is CCC(Cl)[Si](C)(OC)OC. The van der Waals surface area contributed by atoms with Gasteiger partial charge in [0.1, 0.15) is 0 Å². The predicted molar refractivity (Wildman–Crippen MR) is 45.6 cm³/mol. The normalized spacial score (nSPS) is 15.3. The fourth-order valence-corrected chi connectivity index (χ4v) is 2.66. The third-order valence-electron chi connectivity index (χ3n) is 1.74. The Hall–Kier alpha value is 0.427. The average molecular weight is 183 g/mol. The molecule has 0 bridgehead atoms. The molecule has 0 radical (unpaired) electrons. The minimum absolute atomic E-state index is 0.0440. The molecule has 0 amide bonds. The van der Waals surface area contributed by atoms with Gasteiger partial charge in [0, 0.05) is 14.2 Å². The van der Waals surface area contributed by atoms with E-state index in [-0.39, 0.29) is 5.00 Å². The number of rotatable bonds is 4. The molecule has 0 aliphatic rings. The average Bonchev–Trinajstić information content (AvgIpc) is 2.01. The van der Waals surface area contributed by atoms with Crippen molar-refractivity contribution in [2.75, 3.05) is 14.2 Å². The quantitative estimate of drug-likeness (QED) is 0.489. The molecule has 0 aromatic heterocycles. The van der Waals surface area contributed by atoms with Crippen LogP contribution >= 0.6 is 11.6 Å². The molecule has 0 rings (SSSR count). The van der Waals surface area contributed by atoms with E-state index < -0.39 is 8.56 Å². The Morgan fingerprint density at radius 3 is 1.90 bits per heavy atom. The van der Waals surface area contributed by atoms with E-state index in [0.29, 0.717) is 0 Å². The minimum Gasteiger partial charge on any atom is -0.397 e. The lowest BCUT2D eigenvalue weighted by molar-refractivity contribution is 0.246. The number of hydrogen-bond acceptors (Lipinski definition) is 2. The van der Waals surface area contributed by atoms with Gasteiger partial charge in [-0.1, -0.05) is 6.92 Å². The highest BCUT2D eigenvalue weighted by Gasteiger charge is 2.36. The van der Waals surface area contributed by atoms with Gasteiger partial charge >= 0.3 is 8.56 Å². The van der Waals surface area contributed by atoms with Gasteiger partial charge < -0.3 is 8.85 Å². The smallest absolute Gasteiger partial charge is 0.352 e. The van der Waals surface area contributed by atoms with E-state index >= 15 is 0 Å². The zero-order valence-electron chi connectivity index (χ0n) is 6.98. The molecular formula is C6H15ClO2Si. The second-order valence-electron chi connectivity index (χ2n) is 2.30. The summed E-state index contributed by atoms with van der Waals surface area (Å²) in [6.45, 7) is 4.00. The van der Waals surface area contributed by atoms with Crippen LogP contribution in [0.3, 0.4) is 0 Å². The molecule has 0 saturated carbocycles. The summed E-state index contributed by atoms with van der Waals surface area (Å²) in [6.07, 6.45) is 0.895. The van der Waals surface area contributed by atoms with Crippen LogP contribution < -0.4 is 0 Å². The third kappa shape index (κ3) is 2.23. The van der Waals surface area contributed by atoms with Gasteiger partial charge in [0.2, 0.25) is 0 Å². The van der Waals surface area contributed by atoms with Gasteiger partial charge in [0.15, 0.2) is 0 Å². The van der Waals surface area contributed by atoms with Crippen LogP contribution in [-0.4, -0.2) is 27.8 Å². The fraction of sp³-hybridized carbons (Fsp3) is 1.00. The molecule has 10 heavy (non-hydrogen) atoms. The van der Waals surface area contributed by atoms with E-state index in [1.165, 1.54) is 0 Å². The summed E-state index contributed by atoms with van der Waals surface area (Å²) < 4.78 is 10.4. The van der Waals surface area contributed by atoms with Crippen LogP contribution in [0.4, 0.5) is 0 Å². The van der Waals surface area contributed by atoms with Gasteiger partial charge in [0.25, 0.3) is 0 Å². The van der Waals surface area contributed by atoms with Crippen molar-refractivity contribution in [1.29, 1.82) is 0 Å². The van der Waals surface area contributed by atoms with Gasteiger partial charge in [-0.25, -0.2) is 0 Å². The second kappa shape index (κ2) is 4.33. The highest BCUT2D eigenvalue weighted by molar-refractivity contribution is 6.75. The molecule has 1 atom stereocenters. The van der Waals surface area contributed by atoms with Crippen LogP contribution in [-0.2, 0) is 8.85 Å². The van der Waals surface area contributed by atoms with E-state index in [1.54, 1.807) is 14.2 Å². The Bertz CT molecular complexity index is 95.7. The first-order valence-electron chi connectivity index (χ1n) is 3.35. The predicted octanol–water partition coefficient (Wildman–Crippen LogP) is 1.91. The fourth-order valence-electron chi connectivity index (χ4n) is 0.710. The van der Waals surface area contributed by atoms with Gasteiger partial charge in [0.05, 0.1) is 5.00 Å². The highest BCUT2D eigenvalue weighted by Crippen LogP contribution is 2.18. The molecule has 0 N–H and O–H groups in total. The first-order valence-corrected chi connectivity index (χ1v) is 6.18. The number of halogens is 1. The molecule has 0 spiro atoms. The molecule has 0 saturated heterocycles. The topological polar surface area (TPSA) is 18.5 Å². The zero-order chi connectivity index (χ0) is 8.20. The van der Waals surface area contributed by atoms with Crippen LogP contribution in [0.5, 0.6) is 0 Å². The maximum absolute atomic E-state index is 5.98. The van der Waals surface area contributed by atoms with Crippen LogP contribution in [0.25, 0.3) is 0 Å². The molecule has 0 aliphatic carbocycles. The van der Waals surface area contributed by atoms with Gasteiger partial charge in [-0.05, 0) is 13.0 Å². The van der Waals surface area contributed by atoms with Crippen molar-refractivity contribution in [2.24, 2.45) is 0 Å². The third-order valence-corrected chi connectivity index (χ3v) is 6.40. The van der Waals surface area contributed by atoms with Crippen molar-refractivity contribution in [1.82, 2.24) is 0 Å². The van der Waals surface area contributed by atoms with E-state index in [9.17, 15) is 0 Å². The van der Waals surface area contributed by atoms with Crippen LogP contribution in [0.1, 0.15) is 13.3 Å². The van der Waals surface area contributed by atoms with Crippen molar-refractivity contribution < 1.29 is 8.85 Å². The van der Waals surface area contributed by atoms with Gasteiger partial charge in [-0.15, -0.1) is 11.6 Å². The van der Waals surface area contributed by atoms with E-state index in [0.717, 1.165) is 6.42 Å². The Morgan fingerprint density at radius 1 is 1.40 bits per heavy atom. The molecular weight excluding hydrogens is 168 g/mol. The molecule has 0 aromatic carbocycles. The summed E-state index contributed by atoms with van der Waals surface area (Å²) in [7, 11) is 1.27. The Labute approximate surface area is 68.7 Å². The molecule has 1 unspecified atom stereocenters. The summed E-state index contributed by atoms with van der Waals surface area (Å²) in [6, 6.07) is 0. The molecule has 0 aliphatic heterocycles. The van der Waals surface area contributed by atoms with Gasteiger partial charge in [-0.2, -0.15) is 0 Å². The van der Waals surface area contributed by atoms with Crippen LogP contribution in [0.2, 0.25) is 6.55 Å². The summed E-state index contributed by atoms with van der Waals surface area (Å²) >= 11 is 5.98. The maximum atomic E-state index is 5.98. The van der Waals surface area contributed by atoms with Crippen molar-refractivity contribution in [3.05, 3.63) is 0 Å². The van der Waals surface area contributed by atoms with E-state index in [4.69, 9.17) is 20.5 Å². The first-order chi connectivity index (χ1) is 4.60. The zero-order valence-corrected chi connectivity index (χ0v) is 8.73. The maximum Gasteiger partial charge on any atom is 0.352 e. The van der Waals surface area contributed by atoms with Crippen LogP contribution in [0, 0.1) is 0 Å². The van der Waals surface area contributed by atoms with Crippen molar-refractivity contribution >= 4 is 20.2 Å². The lowest BCUT2D eigenvalue weighted by Gasteiger charge is -2.26. The molecule has 4 heteroatoms. The molecule has 2 nitrogen and oxygen atoms in total. The highest BCUT2D eigenvalue weighted by atomic mass is 35.5. The summed E-state index contributed by atoms with van der Waals surface area (Å²) in [5.41, 5.74) is 0. The number of hydrogen-bond donors (Lipinski definition) is 0. The molecule has 0 fully saturated rings. The Kier molecular flexibility index (Phi) is 4.52. The Balaban J connectivity index is 4.02. The monoisotopic (exact) mass is 182 g/mol. The van der Waals surface area contributed by atoms with Crippen molar-refractivity contribution in [2.45, 2.75) is 24.9 Å². The molecule has 0 aromatic rings. The summed E-state index contributed by atoms with van der Waals surface area (Å²) in [4.78, 5) is 0.